The first-order chi connectivity index (χ1) is 23.2. The van der Waals surface area contributed by atoms with E-state index >= 15 is 0 Å². The van der Waals surface area contributed by atoms with Crippen molar-refractivity contribution in [2.24, 2.45) is 0 Å². The van der Waals surface area contributed by atoms with Crippen LogP contribution >= 0.6 is 19.0 Å². The Hall–Kier alpha value is 0.170. The monoisotopic (exact) mass is 703 g/mol. The molecule has 0 fully saturated rings. The summed E-state index contributed by atoms with van der Waals surface area (Å²) >= 11 is 1.94. The van der Waals surface area contributed by atoms with E-state index in [1.165, 1.54) is 186 Å². The van der Waals surface area contributed by atoms with Crippen LogP contribution in [-0.4, -0.2) is 31.5 Å². The Kier molecular flexibility index (Phi) is 42.5. The fourth-order valence-corrected chi connectivity index (χ4v) is 8.92. The smallest absolute Gasteiger partial charge is 0.305 e. The van der Waals surface area contributed by atoms with Gasteiger partial charge in [-0.05, 0) is 32.1 Å². The van der Waals surface area contributed by atoms with Gasteiger partial charge < -0.3 is 13.8 Å². The van der Waals surface area contributed by atoms with Crippen molar-refractivity contribution in [2.75, 3.05) is 25.6 Å². The first-order valence-corrected chi connectivity index (χ1v) is 23.9. The number of carbonyl (C=O) groups excluding carboxylic acids is 1. The third kappa shape index (κ3) is 40.5. The normalized spacial score (nSPS) is 11.6. The summed E-state index contributed by atoms with van der Waals surface area (Å²) in [5.74, 6) is 1.16. The highest BCUT2D eigenvalue weighted by Crippen LogP contribution is 2.52. The second-order valence-electron chi connectivity index (χ2n) is 13.9. The van der Waals surface area contributed by atoms with Crippen molar-refractivity contribution < 1.29 is 18.6 Å². The van der Waals surface area contributed by atoms with E-state index in [1.54, 1.807) is 0 Å². The van der Waals surface area contributed by atoms with Gasteiger partial charge >= 0.3 is 5.97 Å². The Labute approximate surface area is 300 Å². The molecule has 0 aromatic heterocycles. The third-order valence-electron chi connectivity index (χ3n) is 9.12. The van der Waals surface area contributed by atoms with E-state index in [0.717, 1.165) is 38.2 Å². The van der Waals surface area contributed by atoms with Crippen LogP contribution in [0.5, 0.6) is 0 Å². The summed E-state index contributed by atoms with van der Waals surface area (Å²) in [6, 6.07) is 0. The van der Waals surface area contributed by atoms with E-state index in [-0.39, 0.29) is 5.97 Å². The minimum absolute atomic E-state index is 0.00831. The van der Waals surface area contributed by atoms with Gasteiger partial charge in [0.05, 0.1) is 19.8 Å². The van der Waals surface area contributed by atoms with E-state index in [2.05, 4.69) is 20.8 Å². The van der Waals surface area contributed by atoms with E-state index in [1.807, 2.05) is 11.4 Å². The van der Waals surface area contributed by atoms with Gasteiger partial charge in [0, 0.05) is 12.2 Å². The Balaban J connectivity index is 3.80. The van der Waals surface area contributed by atoms with Crippen LogP contribution in [0.25, 0.3) is 0 Å². The Bertz CT molecular complexity index is 572. The molecule has 4 nitrogen and oxygen atoms in total. The molecule has 0 aliphatic carbocycles. The van der Waals surface area contributed by atoms with Crippen LogP contribution in [0.15, 0.2) is 0 Å². The molecule has 6 heteroatoms. The van der Waals surface area contributed by atoms with Crippen LogP contribution in [-0.2, 0) is 18.6 Å². The van der Waals surface area contributed by atoms with Crippen LogP contribution in [0.2, 0.25) is 0 Å². The number of ether oxygens (including phenoxy) is 1. The van der Waals surface area contributed by atoms with Crippen molar-refractivity contribution in [1.29, 1.82) is 0 Å². The highest BCUT2D eigenvalue weighted by molar-refractivity contribution is 8.52. The van der Waals surface area contributed by atoms with Crippen molar-refractivity contribution >= 4 is 24.9 Å². The Morgan fingerprint density at radius 2 is 0.723 bits per heavy atom. The molecule has 0 amide bonds. The van der Waals surface area contributed by atoms with Gasteiger partial charge in [-0.2, -0.15) is 0 Å². The molecule has 0 N–H and O–H groups in total. The van der Waals surface area contributed by atoms with Gasteiger partial charge in [-0.25, -0.2) is 0 Å². The van der Waals surface area contributed by atoms with Crippen LogP contribution < -0.4 is 0 Å². The zero-order chi connectivity index (χ0) is 34.1. The highest BCUT2D eigenvalue weighted by Gasteiger charge is 2.12. The standard InChI is InChI=1S/C41H83O4PS/c1-4-7-10-13-16-22-27-32-37-43-41(42)36-31-26-21-19-20-25-30-35-40-47-46(44-38-33-28-23-17-14-11-8-5-2)45-39-34-29-24-18-15-12-9-6-3/h4-40H2,1-3H3. The molecule has 0 unspecified atom stereocenters. The van der Waals surface area contributed by atoms with Gasteiger partial charge in [-0.3, -0.25) is 4.79 Å². The average molecular weight is 703 g/mol. The molecule has 0 heterocycles. The molecule has 0 rings (SSSR count). The van der Waals surface area contributed by atoms with Gasteiger partial charge in [-0.1, -0.05) is 206 Å². The lowest BCUT2D eigenvalue weighted by Crippen LogP contribution is -2.05. The Morgan fingerprint density at radius 1 is 0.404 bits per heavy atom. The zero-order valence-corrected chi connectivity index (χ0v) is 33.9. The number of carbonyl (C=O) groups is 1. The third-order valence-corrected chi connectivity index (χ3v) is 12.4. The maximum absolute atomic E-state index is 12.0. The van der Waals surface area contributed by atoms with Gasteiger partial charge in [0.2, 0.25) is 7.58 Å². The highest BCUT2D eigenvalue weighted by atomic mass is 32.7. The predicted molar refractivity (Wildman–Crippen MR) is 212 cm³/mol. The minimum Gasteiger partial charge on any atom is -0.466 e. The number of rotatable bonds is 41. The molecular formula is C41H83O4PS. The van der Waals surface area contributed by atoms with E-state index < -0.39 is 7.58 Å². The summed E-state index contributed by atoms with van der Waals surface area (Å²) in [6.07, 6.45) is 42.1. The van der Waals surface area contributed by atoms with Gasteiger partial charge in [0.15, 0.2) is 0 Å². The van der Waals surface area contributed by atoms with Crippen LogP contribution in [0, 0.1) is 0 Å². The molecule has 0 bridgehead atoms. The molecule has 0 saturated heterocycles. The van der Waals surface area contributed by atoms with Gasteiger partial charge in [-0.15, -0.1) is 0 Å². The molecule has 0 aromatic rings. The molecule has 0 aliphatic rings. The van der Waals surface area contributed by atoms with E-state index in [0.29, 0.717) is 13.0 Å². The molecule has 0 spiro atoms. The van der Waals surface area contributed by atoms with E-state index in [4.69, 9.17) is 13.8 Å². The van der Waals surface area contributed by atoms with Gasteiger partial charge in [0.1, 0.15) is 0 Å². The molecule has 0 atom stereocenters. The molecule has 47 heavy (non-hydrogen) atoms. The van der Waals surface area contributed by atoms with E-state index in [9.17, 15) is 4.79 Å². The number of hydrogen-bond acceptors (Lipinski definition) is 5. The lowest BCUT2D eigenvalue weighted by Gasteiger charge is -2.17. The fourth-order valence-electron chi connectivity index (χ4n) is 5.93. The lowest BCUT2D eigenvalue weighted by atomic mass is 10.1. The van der Waals surface area contributed by atoms with Crippen molar-refractivity contribution in [3.63, 3.8) is 0 Å². The maximum atomic E-state index is 12.0. The minimum atomic E-state index is -0.797. The van der Waals surface area contributed by atoms with Crippen LogP contribution in [0.4, 0.5) is 0 Å². The number of esters is 1. The lowest BCUT2D eigenvalue weighted by molar-refractivity contribution is -0.143. The number of hydrogen-bond donors (Lipinski definition) is 0. The first kappa shape index (κ1) is 47.2. The summed E-state index contributed by atoms with van der Waals surface area (Å²) in [5.41, 5.74) is 0. The number of unbranched alkanes of at least 4 members (excludes halogenated alkanes) is 28. The van der Waals surface area contributed by atoms with Crippen LogP contribution in [0.1, 0.15) is 233 Å². The first-order valence-electron chi connectivity index (χ1n) is 21.1. The fraction of sp³-hybridized carbons (Fsp3) is 0.976. The summed E-state index contributed by atoms with van der Waals surface area (Å²) in [5, 5.41) is 0. The quantitative estimate of drug-likeness (QED) is 0.0360. The predicted octanol–water partition coefficient (Wildman–Crippen LogP) is 15.5. The zero-order valence-electron chi connectivity index (χ0n) is 32.2. The second-order valence-corrected chi connectivity index (χ2v) is 17.2. The molecule has 0 radical (unpaired) electrons. The average Bonchev–Trinajstić information content (AvgIpc) is 3.08. The second kappa shape index (κ2) is 42.3. The van der Waals surface area contributed by atoms with Crippen molar-refractivity contribution in [3.8, 4) is 0 Å². The summed E-state index contributed by atoms with van der Waals surface area (Å²) in [6.45, 7) is 9.18. The summed E-state index contributed by atoms with van der Waals surface area (Å²) < 4.78 is 18.0. The SMILES string of the molecule is CCCCCCCCCCOC(=O)CCCCCCCCCCSP(OCCCCCCCCCC)OCCCCCCCCCC. The largest absolute Gasteiger partial charge is 0.466 e. The molecule has 0 saturated carbocycles. The topological polar surface area (TPSA) is 44.8 Å². The van der Waals surface area contributed by atoms with Crippen molar-refractivity contribution in [2.45, 2.75) is 233 Å². The maximum Gasteiger partial charge on any atom is 0.305 e. The van der Waals surface area contributed by atoms with Gasteiger partial charge in [0.25, 0.3) is 0 Å². The summed E-state index contributed by atoms with van der Waals surface area (Å²) in [4.78, 5) is 12.0. The molecular weight excluding hydrogens is 619 g/mol. The van der Waals surface area contributed by atoms with Crippen molar-refractivity contribution in [1.82, 2.24) is 0 Å². The van der Waals surface area contributed by atoms with Crippen LogP contribution in [0.3, 0.4) is 0 Å². The molecule has 282 valence electrons. The summed E-state index contributed by atoms with van der Waals surface area (Å²) in [7, 11) is -0.797. The molecule has 0 aliphatic heterocycles. The van der Waals surface area contributed by atoms with Crippen molar-refractivity contribution in [3.05, 3.63) is 0 Å². The Morgan fingerprint density at radius 3 is 1.13 bits per heavy atom. The molecule has 0 aromatic carbocycles.